The largest absolute Gasteiger partial charge is 0.315 e. The van der Waals surface area contributed by atoms with Gasteiger partial charge in [-0.2, -0.15) is 0 Å². The maximum Gasteiger partial charge on any atom is 0.0249 e. The minimum atomic E-state index is 0.696. The Balaban J connectivity index is 2.63. The Morgan fingerprint density at radius 3 is 1.95 bits per heavy atom. The van der Waals surface area contributed by atoms with Crippen LogP contribution >= 0.6 is 0 Å². The van der Waals surface area contributed by atoms with E-state index in [2.05, 4.69) is 31.1 Å². The van der Waals surface area contributed by atoms with Gasteiger partial charge in [0.25, 0.3) is 0 Å². The standard InChI is InChI=1S/C19H40N2/c1-4-6-17-21(5-2)19-16-14-12-10-8-7-9-11-13-15-18(19)20-3/h18-20H,4-17H2,1-3H3. The number of hydrogen-bond acceptors (Lipinski definition) is 2. The molecule has 0 spiro atoms. The van der Waals surface area contributed by atoms with Gasteiger partial charge >= 0.3 is 0 Å². The van der Waals surface area contributed by atoms with E-state index < -0.39 is 0 Å². The number of unbranched alkanes of at least 4 members (excludes halogenated alkanes) is 1. The molecule has 126 valence electrons. The smallest absolute Gasteiger partial charge is 0.0249 e. The molecule has 1 aliphatic carbocycles. The van der Waals surface area contributed by atoms with Gasteiger partial charge in [0.15, 0.2) is 0 Å². The van der Waals surface area contributed by atoms with E-state index in [-0.39, 0.29) is 0 Å². The molecule has 0 saturated heterocycles. The Labute approximate surface area is 134 Å². The van der Waals surface area contributed by atoms with Crippen molar-refractivity contribution in [2.24, 2.45) is 0 Å². The molecule has 0 bridgehead atoms. The van der Waals surface area contributed by atoms with Gasteiger partial charge in [-0.1, -0.05) is 71.6 Å². The van der Waals surface area contributed by atoms with Gasteiger partial charge in [-0.3, -0.25) is 4.90 Å². The first-order chi connectivity index (χ1) is 10.3. The molecule has 0 heterocycles. The van der Waals surface area contributed by atoms with Crippen molar-refractivity contribution in [3.8, 4) is 0 Å². The van der Waals surface area contributed by atoms with Crippen LogP contribution in [0.25, 0.3) is 0 Å². The Morgan fingerprint density at radius 1 is 0.857 bits per heavy atom. The summed E-state index contributed by atoms with van der Waals surface area (Å²) < 4.78 is 0. The van der Waals surface area contributed by atoms with E-state index >= 15 is 0 Å². The second-order valence-electron chi connectivity index (χ2n) is 6.85. The summed E-state index contributed by atoms with van der Waals surface area (Å²) >= 11 is 0. The highest BCUT2D eigenvalue weighted by molar-refractivity contribution is 4.84. The van der Waals surface area contributed by atoms with E-state index in [0.29, 0.717) is 6.04 Å². The Kier molecular flexibility index (Phi) is 11.3. The highest BCUT2D eigenvalue weighted by Crippen LogP contribution is 2.21. The van der Waals surface area contributed by atoms with Crippen LogP contribution in [-0.2, 0) is 0 Å². The minimum absolute atomic E-state index is 0.696. The molecule has 0 aromatic carbocycles. The summed E-state index contributed by atoms with van der Waals surface area (Å²) in [4.78, 5) is 2.76. The average molecular weight is 297 g/mol. The molecule has 2 unspecified atom stereocenters. The second-order valence-corrected chi connectivity index (χ2v) is 6.85. The van der Waals surface area contributed by atoms with Gasteiger partial charge in [0.2, 0.25) is 0 Å². The van der Waals surface area contributed by atoms with Gasteiger partial charge in [-0.15, -0.1) is 0 Å². The van der Waals surface area contributed by atoms with Gasteiger partial charge in [0.1, 0.15) is 0 Å². The van der Waals surface area contributed by atoms with E-state index in [4.69, 9.17) is 0 Å². The van der Waals surface area contributed by atoms with E-state index in [9.17, 15) is 0 Å². The number of rotatable bonds is 6. The first-order valence-electron chi connectivity index (χ1n) is 9.74. The highest BCUT2D eigenvalue weighted by Gasteiger charge is 2.24. The lowest BCUT2D eigenvalue weighted by Gasteiger charge is -2.37. The predicted octanol–water partition coefficient (Wildman–Crippen LogP) is 4.98. The molecule has 0 aromatic rings. The average Bonchev–Trinajstić information content (AvgIpc) is 2.50. The first-order valence-corrected chi connectivity index (χ1v) is 9.74. The molecule has 1 N–H and O–H groups in total. The lowest BCUT2D eigenvalue weighted by Crippen LogP contribution is -2.49. The maximum absolute atomic E-state index is 3.66. The molecular weight excluding hydrogens is 256 g/mol. The topological polar surface area (TPSA) is 15.3 Å². The summed E-state index contributed by atoms with van der Waals surface area (Å²) in [5.74, 6) is 0. The van der Waals surface area contributed by atoms with Crippen molar-refractivity contribution in [3.63, 3.8) is 0 Å². The molecule has 2 atom stereocenters. The summed E-state index contributed by atoms with van der Waals surface area (Å²) in [5.41, 5.74) is 0. The van der Waals surface area contributed by atoms with Crippen molar-refractivity contribution in [3.05, 3.63) is 0 Å². The molecule has 1 aliphatic rings. The van der Waals surface area contributed by atoms with E-state index in [1.165, 1.54) is 90.1 Å². The van der Waals surface area contributed by atoms with E-state index in [1.807, 2.05) is 0 Å². The van der Waals surface area contributed by atoms with Crippen LogP contribution in [0.4, 0.5) is 0 Å². The monoisotopic (exact) mass is 296 g/mol. The zero-order valence-corrected chi connectivity index (χ0v) is 15.0. The van der Waals surface area contributed by atoms with Crippen molar-refractivity contribution in [2.45, 2.75) is 103 Å². The van der Waals surface area contributed by atoms with Crippen LogP contribution in [-0.4, -0.2) is 37.1 Å². The molecule has 0 aromatic heterocycles. The molecule has 0 radical (unpaired) electrons. The summed E-state index contributed by atoms with van der Waals surface area (Å²) in [5, 5.41) is 3.66. The normalized spacial score (nSPS) is 26.3. The van der Waals surface area contributed by atoms with Crippen LogP contribution in [0.3, 0.4) is 0 Å². The zero-order valence-electron chi connectivity index (χ0n) is 15.0. The van der Waals surface area contributed by atoms with Crippen LogP contribution in [0.1, 0.15) is 90.9 Å². The lowest BCUT2D eigenvalue weighted by molar-refractivity contribution is 0.145. The quantitative estimate of drug-likeness (QED) is 0.743. The molecule has 0 amide bonds. The van der Waals surface area contributed by atoms with Crippen molar-refractivity contribution in [2.75, 3.05) is 20.1 Å². The first kappa shape index (κ1) is 19.0. The number of nitrogens with one attached hydrogen (secondary N) is 1. The molecule has 2 nitrogen and oxygen atoms in total. The SMILES string of the molecule is CCCCN(CC)C1CCCCCCCCCCC1NC. The number of hydrogen-bond donors (Lipinski definition) is 1. The molecule has 21 heavy (non-hydrogen) atoms. The number of nitrogens with zero attached hydrogens (tertiary/aromatic N) is 1. The zero-order chi connectivity index (χ0) is 15.3. The molecule has 2 heteroatoms. The fourth-order valence-electron chi connectivity index (χ4n) is 3.87. The third kappa shape index (κ3) is 7.65. The van der Waals surface area contributed by atoms with Crippen LogP contribution in [0.15, 0.2) is 0 Å². The lowest BCUT2D eigenvalue weighted by atomic mass is 9.92. The van der Waals surface area contributed by atoms with Gasteiger partial charge in [-0.05, 0) is 39.4 Å². The second kappa shape index (κ2) is 12.5. The predicted molar refractivity (Wildman–Crippen MR) is 95.0 cm³/mol. The summed E-state index contributed by atoms with van der Waals surface area (Å²) in [6, 6.07) is 1.45. The van der Waals surface area contributed by atoms with Crippen LogP contribution in [0.5, 0.6) is 0 Å². The number of likely N-dealkylation sites (N-methyl/N-ethyl adjacent to an activating group) is 2. The Bertz CT molecular complexity index is 230. The third-order valence-corrected chi connectivity index (χ3v) is 5.27. The highest BCUT2D eigenvalue weighted by atomic mass is 15.2. The third-order valence-electron chi connectivity index (χ3n) is 5.27. The van der Waals surface area contributed by atoms with Gasteiger partial charge in [-0.25, -0.2) is 0 Å². The molecule has 0 aliphatic heterocycles. The van der Waals surface area contributed by atoms with Crippen molar-refractivity contribution in [1.82, 2.24) is 10.2 Å². The fraction of sp³-hybridized carbons (Fsp3) is 1.00. The van der Waals surface area contributed by atoms with Crippen molar-refractivity contribution < 1.29 is 0 Å². The molecule has 1 saturated carbocycles. The van der Waals surface area contributed by atoms with Crippen molar-refractivity contribution in [1.29, 1.82) is 0 Å². The minimum Gasteiger partial charge on any atom is -0.315 e. The summed E-state index contributed by atoms with van der Waals surface area (Å²) in [6.07, 6.45) is 17.0. The van der Waals surface area contributed by atoms with Crippen LogP contribution < -0.4 is 5.32 Å². The summed E-state index contributed by atoms with van der Waals surface area (Å²) in [7, 11) is 2.18. The van der Waals surface area contributed by atoms with Gasteiger partial charge < -0.3 is 5.32 Å². The van der Waals surface area contributed by atoms with E-state index in [0.717, 1.165) is 6.04 Å². The molecule has 1 fully saturated rings. The molecular formula is C19H40N2. The Morgan fingerprint density at radius 2 is 1.43 bits per heavy atom. The summed E-state index contributed by atoms with van der Waals surface area (Å²) in [6.45, 7) is 7.15. The fourth-order valence-corrected chi connectivity index (χ4v) is 3.87. The maximum atomic E-state index is 3.66. The Hall–Kier alpha value is -0.0800. The van der Waals surface area contributed by atoms with Crippen LogP contribution in [0.2, 0.25) is 0 Å². The van der Waals surface area contributed by atoms with Gasteiger partial charge in [0.05, 0.1) is 0 Å². The van der Waals surface area contributed by atoms with Crippen molar-refractivity contribution >= 4 is 0 Å². The molecule has 1 rings (SSSR count). The van der Waals surface area contributed by atoms with Gasteiger partial charge in [0, 0.05) is 12.1 Å². The van der Waals surface area contributed by atoms with E-state index in [1.54, 1.807) is 0 Å². The van der Waals surface area contributed by atoms with Crippen LogP contribution in [0, 0.1) is 0 Å².